The average molecular weight is 340 g/mol. The Hall–Kier alpha value is -1.91. The number of para-hydroxylation sites is 1. The fourth-order valence-electron chi connectivity index (χ4n) is 1.81. The minimum Gasteiger partial charge on any atom is -0.480 e. The van der Waals surface area contributed by atoms with Gasteiger partial charge in [0.05, 0.1) is 11.6 Å². The van der Waals surface area contributed by atoms with Gasteiger partial charge in [-0.1, -0.05) is 41.4 Å². The third kappa shape index (κ3) is 4.83. The van der Waals surface area contributed by atoms with Crippen molar-refractivity contribution in [3.05, 3.63) is 58.1 Å². The number of hydrogen-bond donors (Lipinski definition) is 1. The molecule has 0 aliphatic carbocycles. The molecule has 6 heteroatoms. The molecule has 2 aromatic rings. The predicted octanol–water partition coefficient (Wildman–Crippen LogP) is 3.74. The van der Waals surface area contributed by atoms with E-state index in [4.69, 9.17) is 38.4 Å². The van der Waals surface area contributed by atoms with Gasteiger partial charge in [-0.05, 0) is 29.8 Å². The van der Waals surface area contributed by atoms with Crippen LogP contribution in [0, 0.1) is 0 Å². The number of nitrogen functional groups attached to an aromatic ring is 1. The molecule has 0 radical (unpaired) electrons. The summed E-state index contributed by atoms with van der Waals surface area (Å²) in [5, 5.41) is 0.845. The Labute approximate surface area is 138 Å². The number of anilines is 1. The van der Waals surface area contributed by atoms with Crippen LogP contribution in [0.1, 0.15) is 5.56 Å². The number of carbonyl (C=O) groups excluding carboxylic acids is 1. The van der Waals surface area contributed by atoms with Gasteiger partial charge < -0.3 is 15.2 Å². The maximum absolute atomic E-state index is 11.6. The number of hydrogen-bond acceptors (Lipinski definition) is 4. The van der Waals surface area contributed by atoms with Crippen LogP contribution >= 0.6 is 23.2 Å². The molecule has 22 heavy (non-hydrogen) atoms. The van der Waals surface area contributed by atoms with Crippen molar-refractivity contribution in [2.45, 2.75) is 6.42 Å². The first-order valence-corrected chi connectivity index (χ1v) is 7.38. The number of ether oxygens (including phenoxy) is 2. The number of esters is 1. The second-order valence-electron chi connectivity index (χ2n) is 4.53. The summed E-state index contributed by atoms with van der Waals surface area (Å²) in [7, 11) is 0. The second kappa shape index (κ2) is 7.92. The molecule has 0 unspecified atom stereocenters. The van der Waals surface area contributed by atoms with Gasteiger partial charge in [0.2, 0.25) is 0 Å². The van der Waals surface area contributed by atoms with Gasteiger partial charge in [0.1, 0.15) is 5.75 Å². The van der Waals surface area contributed by atoms with Crippen molar-refractivity contribution >= 4 is 34.9 Å². The van der Waals surface area contributed by atoms with Crippen LogP contribution in [0.3, 0.4) is 0 Å². The van der Waals surface area contributed by atoms with Gasteiger partial charge in [-0.15, -0.1) is 0 Å². The summed E-state index contributed by atoms with van der Waals surface area (Å²) in [6.07, 6.45) is 0.556. The molecule has 0 fully saturated rings. The maximum Gasteiger partial charge on any atom is 0.344 e. The molecule has 0 saturated heterocycles. The predicted molar refractivity (Wildman–Crippen MR) is 87.5 cm³/mol. The van der Waals surface area contributed by atoms with E-state index in [-0.39, 0.29) is 13.2 Å². The Morgan fingerprint density at radius 2 is 1.91 bits per heavy atom. The standard InChI is InChI=1S/C16H15Cl2NO3/c17-12-5-6-15(13(18)9-12)22-10-16(20)21-8-7-11-3-1-2-4-14(11)19/h1-6,9H,7-8,10,19H2. The summed E-state index contributed by atoms with van der Waals surface area (Å²) in [6, 6.07) is 12.2. The lowest BCUT2D eigenvalue weighted by Crippen LogP contribution is -2.16. The number of rotatable bonds is 6. The van der Waals surface area contributed by atoms with Gasteiger partial charge in [0.15, 0.2) is 6.61 Å². The smallest absolute Gasteiger partial charge is 0.344 e. The van der Waals surface area contributed by atoms with E-state index in [1.165, 1.54) is 0 Å². The van der Waals surface area contributed by atoms with E-state index in [0.29, 0.717) is 27.9 Å². The minimum atomic E-state index is -0.472. The Bertz CT molecular complexity index is 662. The molecule has 0 amide bonds. The highest BCUT2D eigenvalue weighted by Crippen LogP contribution is 2.27. The first-order chi connectivity index (χ1) is 10.6. The van der Waals surface area contributed by atoms with Gasteiger partial charge in [0.25, 0.3) is 0 Å². The molecule has 4 nitrogen and oxygen atoms in total. The Morgan fingerprint density at radius 3 is 2.64 bits per heavy atom. The maximum atomic E-state index is 11.6. The van der Waals surface area contributed by atoms with E-state index in [1.807, 2.05) is 24.3 Å². The molecule has 0 saturated carbocycles. The zero-order valence-corrected chi connectivity index (χ0v) is 13.2. The number of benzene rings is 2. The van der Waals surface area contributed by atoms with Gasteiger partial charge in [0, 0.05) is 17.1 Å². The van der Waals surface area contributed by atoms with Crippen LogP contribution in [0.4, 0.5) is 5.69 Å². The van der Waals surface area contributed by atoms with Crippen molar-refractivity contribution in [2.24, 2.45) is 0 Å². The molecular formula is C16H15Cl2NO3. The molecule has 2 rings (SSSR count). The molecular weight excluding hydrogens is 325 g/mol. The molecule has 0 aromatic heterocycles. The summed E-state index contributed by atoms with van der Waals surface area (Å²) in [5.74, 6) is -0.0872. The Kier molecular flexibility index (Phi) is 5.92. The Morgan fingerprint density at radius 1 is 1.14 bits per heavy atom. The van der Waals surface area contributed by atoms with Gasteiger partial charge in [-0.3, -0.25) is 0 Å². The summed E-state index contributed by atoms with van der Waals surface area (Å²) in [6.45, 7) is 0.0242. The highest BCUT2D eigenvalue weighted by atomic mass is 35.5. The van der Waals surface area contributed by atoms with E-state index in [0.717, 1.165) is 5.56 Å². The van der Waals surface area contributed by atoms with E-state index in [1.54, 1.807) is 18.2 Å². The van der Waals surface area contributed by atoms with Crippen LogP contribution in [0.25, 0.3) is 0 Å². The van der Waals surface area contributed by atoms with E-state index < -0.39 is 5.97 Å². The molecule has 0 atom stereocenters. The largest absolute Gasteiger partial charge is 0.480 e. The van der Waals surface area contributed by atoms with Crippen LogP contribution in [-0.2, 0) is 16.0 Å². The van der Waals surface area contributed by atoms with Crippen LogP contribution in [0.2, 0.25) is 10.0 Å². The lowest BCUT2D eigenvalue weighted by Gasteiger charge is -2.09. The average Bonchev–Trinajstić information content (AvgIpc) is 2.48. The molecule has 0 aliphatic heterocycles. The first kappa shape index (κ1) is 16.5. The lowest BCUT2D eigenvalue weighted by molar-refractivity contribution is -0.145. The van der Waals surface area contributed by atoms with Crippen molar-refractivity contribution in [3.8, 4) is 5.75 Å². The number of carbonyl (C=O) groups is 1. The molecule has 2 N–H and O–H groups in total. The van der Waals surface area contributed by atoms with Crippen LogP contribution in [0.15, 0.2) is 42.5 Å². The highest BCUT2D eigenvalue weighted by Gasteiger charge is 2.08. The topological polar surface area (TPSA) is 61.5 Å². The summed E-state index contributed by atoms with van der Waals surface area (Å²) >= 11 is 11.7. The third-order valence-corrected chi connectivity index (χ3v) is 3.46. The van der Waals surface area contributed by atoms with Crippen molar-refractivity contribution < 1.29 is 14.3 Å². The second-order valence-corrected chi connectivity index (χ2v) is 5.38. The van der Waals surface area contributed by atoms with Crippen molar-refractivity contribution in [3.63, 3.8) is 0 Å². The lowest BCUT2D eigenvalue weighted by atomic mass is 10.1. The number of nitrogens with two attached hydrogens (primary N) is 1. The van der Waals surface area contributed by atoms with Crippen LogP contribution in [-0.4, -0.2) is 19.2 Å². The van der Waals surface area contributed by atoms with E-state index in [9.17, 15) is 4.79 Å². The van der Waals surface area contributed by atoms with Gasteiger partial charge in [-0.2, -0.15) is 0 Å². The Balaban J connectivity index is 1.75. The van der Waals surface area contributed by atoms with Crippen molar-refractivity contribution in [1.29, 1.82) is 0 Å². The van der Waals surface area contributed by atoms with Gasteiger partial charge in [-0.25, -0.2) is 4.79 Å². The number of halogens is 2. The third-order valence-electron chi connectivity index (χ3n) is 2.93. The normalized spacial score (nSPS) is 10.3. The van der Waals surface area contributed by atoms with E-state index >= 15 is 0 Å². The molecule has 0 aliphatic rings. The fourth-order valence-corrected chi connectivity index (χ4v) is 2.27. The van der Waals surface area contributed by atoms with Gasteiger partial charge >= 0.3 is 5.97 Å². The monoisotopic (exact) mass is 339 g/mol. The summed E-state index contributed by atoms with van der Waals surface area (Å²) in [4.78, 5) is 11.6. The molecule has 0 spiro atoms. The van der Waals surface area contributed by atoms with Crippen molar-refractivity contribution in [1.82, 2.24) is 0 Å². The zero-order valence-electron chi connectivity index (χ0n) is 11.7. The molecule has 116 valence electrons. The first-order valence-electron chi connectivity index (χ1n) is 6.63. The SMILES string of the molecule is Nc1ccccc1CCOC(=O)COc1ccc(Cl)cc1Cl. The quantitative estimate of drug-likeness (QED) is 0.643. The molecule has 0 bridgehead atoms. The summed E-state index contributed by atoms with van der Waals surface area (Å²) in [5.41, 5.74) is 7.44. The van der Waals surface area contributed by atoms with Crippen LogP contribution < -0.4 is 10.5 Å². The highest BCUT2D eigenvalue weighted by molar-refractivity contribution is 6.35. The van der Waals surface area contributed by atoms with E-state index in [2.05, 4.69) is 0 Å². The van der Waals surface area contributed by atoms with Crippen LogP contribution in [0.5, 0.6) is 5.75 Å². The van der Waals surface area contributed by atoms with Crippen molar-refractivity contribution in [2.75, 3.05) is 18.9 Å². The fraction of sp³-hybridized carbons (Fsp3) is 0.188. The molecule has 2 aromatic carbocycles. The zero-order chi connectivity index (χ0) is 15.9. The molecule has 0 heterocycles. The minimum absolute atomic E-state index is 0.217. The summed E-state index contributed by atoms with van der Waals surface area (Å²) < 4.78 is 10.4.